The predicted molar refractivity (Wildman–Crippen MR) is 107 cm³/mol. The van der Waals surface area contributed by atoms with Gasteiger partial charge < -0.3 is 25.0 Å². The van der Waals surface area contributed by atoms with Gasteiger partial charge in [0.05, 0.1) is 12.6 Å². The van der Waals surface area contributed by atoms with Crippen LogP contribution < -0.4 is 10.6 Å². The summed E-state index contributed by atoms with van der Waals surface area (Å²) in [6.07, 6.45) is 2.89. The number of ether oxygens (including phenoxy) is 2. The molecule has 0 aliphatic carbocycles. The van der Waals surface area contributed by atoms with Gasteiger partial charge in [-0.3, -0.25) is 4.99 Å². The molecule has 1 saturated heterocycles. The summed E-state index contributed by atoms with van der Waals surface area (Å²) in [5.41, 5.74) is -0.468. The van der Waals surface area contributed by atoms with Crippen molar-refractivity contribution in [2.75, 3.05) is 40.4 Å². The van der Waals surface area contributed by atoms with Crippen molar-refractivity contribution >= 4 is 36.0 Å². The molecule has 1 aliphatic rings. The highest BCUT2D eigenvalue weighted by Gasteiger charge is 2.30. The van der Waals surface area contributed by atoms with Crippen molar-refractivity contribution in [1.82, 2.24) is 15.5 Å². The Hall–Kier alpha value is -0.770. The van der Waals surface area contributed by atoms with Crippen LogP contribution in [0.5, 0.6) is 0 Å². The summed E-state index contributed by atoms with van der Waals surface area (Å²) in [6.45, 7) is 8.39. The van der Waals surface area contributed by atoms with Gasteiger partial charge in [-0.2, -0.15) is 0 Å². The third kappa shape index (κ3) is 8.91. The smallest absolute Gasteiger partial charge is 0.410 e. The zero-order chi connectivity index (χ0) is 17.3. The van der Waals surface area contributed by atoms with E-state index in [-0.39, 0.29) is 36.1 Å². The lowest BCUT2D eigenvalue weighted by atomic mass is 10.0. The molecule has 1 atom stereocenters. The standard InChI is InChI=1S/C16H32N4O3.HI/c1-16(2,3)23-15(21)20-10-7-6-8-13(20)12-19-14(17-4)18-9-11-22-5;/h13H,6-12H2,1-5H3,(H2,17,18,19);1H. The molecule has 0 spiro atoms. The fourth-order valence-corrected chi connectivity index (χ4v) is 2.48. The minimum absolute atomic E-state index is 0. The van der Waals surface area contributed by atoms with Crippen LogP contribution in [0.4, 0.5) is 4.79 Å². The lowest BCUT2D eigenvalue weighted by Gasteiger charge is -2.37. The molecule has 1 unspecified atom stereocenters. The van der Waals surface area contributed by atoms with Crippen molar-refractivity contribution in [3.8, 4) is 0 Å². The van der Waals surface area contributed by atoms with Gasteiger partial charge in [0, 0.05) is 33.8 Å². The van der Waals surface area contributed by atoms with Gasteiger partial charge in [-0.05, 0) is 40.0 Å². The summed E-state index contributed by atoms with van der Waals surface area (Å²) >= 11 is 0. The minimum Gasteiger partial charge on any atom is -0.444 e. The molecule has 0 radical (unpaired) electrons. The van der Waals surface area contributed by atoms with E-state index >= 15 is 0 Å². The average molecular weight is 456 g/mol. The van der Waals surface area contributed by atoms with Gasteiger partial charge in [0.15, 0.2) is 5.96 Å². The van der Waals surface area contributed by atoms with Crippen molar-refractivity contribution in [3.05, 3.63) is 0 Å². The molecule has 1 rings (SSSR count). The van der Waals surface area contributed by atoms with Gasteiger partial charge in [0.2, 0.25) is 0 Å². The van der Waals surface area contributed by atoms with E-state index in [0.717, 1.165) is 31.8 Å². The average Bonchev–Trinajstić information content (AvgIpc) is 2.49. The maximum atomic E-state index is 12.4. The second kappa shape index (κ2) is 11.7. The summed E-state index contributed by atoms with van der Waals surface area (Å²) in [5.74, 6) is 0.719. The van der Waals surface area contributed by atoms with Crippen LogP contribution in [0, 0.1) is 0 Å². The lowest BCUT2D eigenvalue weighted by molar-refractivity contribution is 0.0104. The number of nitrogens with one attached hydrogen (secondary N) is 2. The number of guanidine groups is 1. The Morgan fingerprint density at radius 2 is 2.00 bits per heavy atom. The second-order valence-electron chi connectivity index (χ2n) is 6.70. The number of halogens is 1. The molecule has 0 aromatic carbocycles. The third-order valence-electron chi connectivity index (χ3n) is 3.58. The zero-order valence-electron chi connectivity index (χ0n) is 15.6. The number of amides is 1. The van der Waals surface area contributed by atoms with E-state index in [1.165, 1.54) is 0 Å². The molecule has 0 aromatic rings. The maximum absolute atomic E-state index is 12.4. The molecule has 8 heteroatoms. The molecule has 0 bridgehead atoms. The van der Waals surface area contributed by atoms with Crippen LogP contribution in [-0.4, -0.2) is 69.0 Å². The molecule has 0 saturated carbocycles. The Labute approximate surface area is 162 Å². The number of hydrogen-bond acceptors (Lipinski definition) is 4. The summed E-state index contributed by atoms with van der Waals surface area (Å²) in [5, 5.41) is 6.45. The molecule has 24 heavy (non-hydrogen) atoms. The number of hydrogen-bond donors (Lipinski definition) is 2. The fourth-order valence-electron chi connectivity index (χ4n) is 2.48. The Balaban J connectivity index is 0.00000529. The second-order valence-corrected chi connectivity index (χ2v) is 6.70. The van der Waals surface area contributed by atoms with Gasteiger partial charge in [-0.25, -0.2) is 4.79 Å². The van der Waals surface area contributed by atoms with Crippen LogP contribution >= 0.6 is 24.0 Å². The van der Waals surface area contributed by atoms with Gasteiger partial charge in [-0.1, -0.05) is 0 Å². The van der Waals surface area contributed by atoms with E-state index in [1.807, 2.05) is 25.7 Å². The van der Waals surface area contributed by atoms with Crippen molar-refractivity contribution in [2.24, 2.45) is 4.99 Å². The molecular formula is C16H33IN4O3. The predicted octanol–water partition coefficient (Wildman–Crippen LogP) is 2.21. The fraction of sp³-hybridized carbons (Fsp3) is 0.875. The number of rotatable bonds is 5. The zero-order valence-corrected chi connectivity index (χ0v) is 17.9. The van der Waals surface area contributed by atoms with E-state index in [9.17, 15) is 4.79 Å². The number of carbonyl (C=O) groups excluding carboxylic acids is 1. The monoisotopic (exact) mass is 456 g/mol. The van der Waals surface area contributed by atoms with Crippen molar-refractivity contribution in [2.45, 2.75) is 51.7 Å². The van der Waals surface area contributed by atoms with E-state index < -0.39 is 5.60 Å². The highest BCUT2D eigenvalue weighted by Crippen LogP contribution is 2.19. The maximum Gasteiger partial charge on any atom is 0.410 e. The molecule has 0 aromatic heterocycles. The van der Waals surface area contributed by atoms with E-state index in [2.05, 4.69) is 15.6 Å². The summed E-state index contributed by atoms with van der Waals surface area (Å²) in [7, 11) is 3.40. The van der Waals surface area contributed by atoms with Crippen molar-refractivity contribution < 1.29 is 14.3 Å². The van der Waals surface area contributed by atoms with Gasteiger partial charge >= 0.3 is 6.09 Å². The summed E-state index contributed by atoms with van der Waals surface area (Å²) in [6, 6.07) is 0.125. The number of carbonyl (C=O) groups is 1. The van der Waals surface area contributed by atoms with Crippen molar-refractivity contribution in [1.29, 1.82) is 0 Å². The molecule has 1 amide bonds. The first-order chi connectivity index (χ1) is 10.9. The Morgan fingerprint density at radius 3 is 2.58 bits per heavy atom. The highest BCUT2D eigenvalue weighted by molar-refractivity contribution is 14.0. The van der Waals surface area contributed by atoms with E-state index in [0.29, 0.717) is 19.7 Å². The first kappa shape index (κ1) is 23.2. The minimum atomic E-state index is -0.468. The van der Waals surface area contributed by atoms with Crippen LogP contribution in [0.2, 0.25) is 0 Å². The SMILES string of the molecule is CN=C(NCCOC)NCC1CCCCN1C(=O)OC(C)(C)C.I. The molecule has 7 nitrogen and oxygen atoms in total. The molecular weight excluding hydrogens is 423 g/mol. The topological polar surface area (TPSA) is 75.2 Å². The number of aliphatic imine (C=N–C) groups is 1. The number of nitrogens with zero attached hydrogens (tertiary/aromatic N) is 2. The number of methoxy groups -OCH3 is 1. The van der Waals surface area contributed by atoms with Gasteiger partial charge in [-0.15, -0.1) is 24.0 Å². The normalized spacial score (nSPS) is 18.6. The molecule has 1 fully saturated rings. The van der Waals surface area contributed by atoms with Gasteiger partial charge in [0.1, 0.15) is 5.60 Å². The lowest BCUT2D eigenvalue weighted by Crippen LogP contribution is -2.52. The number of likely N-dealkylation sites (tertiary alicyclic amines) is 1. The first-order valence-corrected chi connectivity index (χ1v) is 8.30. The van der Waals surface area contributed by atoms with Crippen LogP contribution in [0.3, 0.4) is 0 Å². The van der Waals surface area contributed by atoms with Crippen LogP contribution in [0.25, 0.3) is 0 Å². The van der Waals surface area contributed by atoms with E-state index in [4.69, 9.17) is 9.47 Å². The first-order valence-electron chi connectivity index (χ1n) is 8.30. The largest absolute Gasteiger partial charge is 0.444 e. The Morgan fingerprint density at radius 1 is 1.29 bits per heavy atom. The van der Waals surface area contributed by atoms with Gasteiger partial charge in [0.25, 0.3) is 0 Å². The summed E-state index contributed by atoms with van der Waals surface area (Å²) < 4.78 is 10.5. The molecule has 1 heterocycles. The Kier molecular flexibility index (Phi) is 11.4. The quantitative estimate of drug-likeness (QED) is 0.287. The third-order valence-corrected chi connectivity index (χ3v) is 3.58. The highest BCUT2D eigenvalue weighted by atomic mass is 127. The van der Waals surface area contributed by atoms with Crippen LogP contribution in [0.1, 0.15) is 40.0 Å². The molecule has 142 valence electrons. The Bertz CT molecular complexity index is 399. The summed E-state index contributed by atoms with van der Waals surface area (Å²) in [4.78, 5) is 18.4. The van der Waals surface area contributed by atoms with Crippen molar-refractivity contribution in [3.63, 3.8) is 0 Å². The molecule has 1 aliphatic heterocycles. The number of piperidine rings is 1. The van der Waals surface area contributed by atoms with E-state index in [1.54, 1.807) is 14.2 Å². The van der Waals surface area contributed by atoms with Crippen LogP contribution in [0.15, 0.2) is 4.99 Å². The van der Waals surface area contributed by atoms with Crippen LogP contribution in [-0.2, 0) is 9.47 Å². The molecule has 2 N–H and O–H groups in total.